The normalized spacial score (nSPS) is 15.7. The number of halogens is 1. The summed E-state index contributed by atoms with van der Waals surface area (Å²) >= 11 is 5.99. The maximum Gasteiger partial charge on any atom is 0.327 e. The summed E-state index contributed by atoms with van der Waals surface area (Å²) in [5.41, 5.74) is 3.09. The lowest BCUT2D eigenvalue weighted by atomic mass is 9.84. The van der Waals surface area contributed by atoms with Crippen LogP contribution in [0.4, 0.5) is 11.5 Å². The minimum Gasteiger partial charge on any atom is -0.385 e. The van der Waals surface area contributed by atoms with Crippen molar-refractivity contribution >= 4 is 23.1 Å². The molecule has 3 aromatic rings. The molecule has 0 bridgehead atoms. The standard InChI is InChI=1S/C28H35ClN4O3/c1-3-20-18-23(12-7-19(20)2)30-25-24(26(34)32-27(35)31-25)6-4-5-15-33-16-13-28(36,14-17-33)21-8-10-22(29)11-9-21/h7-12,18,36H,3-6,13-17H2,1-2H3,(H3,30,31,32,34,35). The van der Waals surface area contributed by atoms with Crippen molar-refractivity contribution in [3.8, 4) is 0 Å². The van der Waals surface area contributed by atoms with Gasteiger partial charge in [-0.3, -0.25) is 14.8 Å². The van der Waals surface area contributed by atoms with E-state index in [0.717, 1.165) is 50.1 Å². The molecule has 36 heavy (non-hydrogen) atoms. The van der Waals surface area contributed by atoms with Gasteiger partial charge in [0.05, 0.1) is 11.2 Å². The predicted molar refractivity (Wildman–Crippen MR) is 145 cm³/mol. The number of nitrogens with one attached hydrogen (secondary N) is 3. The van der Waals surface area contributed by atoms with Crippen molar-refractivity contribution in [2.75, 3.05) is 25.0 Å². The van der Waals surface area contributed by atoms with Crippen LogP contribution in [0.25, 0.3) is 0 Å². The molecule has 0 spiro atoms. The third kappa shape index (κ3) is 6.27. The number of likely N-dealkylation sites (tertiary alicyclic amines) is 1. The fourth-order valence-corrected chi connectivity index (χ4v) is 5.09. The fraction of sp³-hybridized carbons (Fsp3) is 0.429. The van der Waals surface area contributed by atoms with E-state index in [9.17, 15) is 14.7 Å². The number of aliphatic hydroxyl groups is 1. The van der Waals surface area contributed by atoms with Crippen LogP contribution in [0.1, 0.15) is 54.9 Å². The molecule has 7 nitrogen and oxygen atoms in total. The summed E-state index contributed by atoms with van der Waals surface area (Å²) in [5.74, 6) is 0.459. The molecule has 1 aliphatic rings. The number of aryl methyl sites for hydroxylation is 2. The van der Waals surface area contributed by atoms with Crippen molar-refractivity contribution in [3.05, 3.63) is 90.6 Å². The molecule has 1 aromatic heterocycles. The van der Waals surface area contributed by atoms with Crippen molar-refractivity contribution in [1.29, 1.82) is 0 Å². The second-order valence-corrected chi connectivity index (χ2v) is 10.2. The van der Waals surface area contributed by atoms with Gasteiger partial charge in [-0.2, -0.15) is 0 Å². The molecular formula is C28H35ClN4O3. The van der Waals surface area contributed by atoms with Gasteiger partial charge in [-0.25, -0.2) is 4.79 Å². The average molecular weight is 511 g/mol. The van der Waals surface area contributed by atoms with E-state index in [0.29, 0.717) is 35.7 Å². The number of benzene rings is 2. The van der Waals surface area contributed by atoms with E-state index in [-0.39, 0.29) is 5.56 Å². The number of rotatable bonds is 9. The molecule has 0 unspecified atom stereocenters. The van der Waals surface area contributed by atoms with Gasteiger partial charge < -0.3 is 15.3 Å². The zero-order valence-electron chi connectivity index (χ0n) is 21.0. The smallest absolute Gasteiger partial charge is 0.327 e. The van der Waals surface area contributed by atoms with Crippen LogP contribution in [-0.2, 0) is 18.4 Å². The number of aromatic nitrogens is 2. The van der Waals surface area contributed by atoms with Crippen LogP contribution in [0.3, 0.4) is 0 Å². The number of anilines is 2. The first kappa shape index (κ1) is 26.2. The van der Waals surface area contributed by atoms with E-state index < -0.39 is 11.3 Å². The van der Waals surface area contributed by atoms with E-state index in [2.05, 4.69) is 40.1 Å². The van der Waals surface area contributed by atoms with Gasteiger partial charge in [0.1, 0.15) is 5.82 Å². The Bertz CT molecular complexity index is 1290. The molecule has 2 aromatic carbocycles. The lowest BCUT2D eigenvalue weighted by molar-refractivity contribution is -0.0260. The Balaban J connectivity index is 1.33. The number of aromatic amines is 2. The average Bonchev–Trinajstić information content (AvgIpc) is 2.85. The molecule has 4 N–H and O–H groups in total. The Morgan fingerprint density at radius 2 is 1.78 bits per heavy atom. The minimum absolute atomic E-state index is 0.352. The Labute approximate surface area is 216 Å². The quantitative estimate of drug-likeness (QED) is 0.314. The lowest BCUT2D eigenvalue weighted by Gasteiger charge is -2.38. The maximum atomic E-state index is 12.6. The van der Waals surface area contributed by atoms with Crippen LogP contribution in [-0.4, -0.2) is 39.6 Å². The topological polar surface area (TPSA) is 101 Å². The van der Waals surface area contributed by atoms with Crippen molar-refractivity contribution < 1.29 is 5.11 Å². The van der Waals surface area contributed by atoms with Crippen molar-refractivity contribution in [2.45, 2.75) is 58.0 Å². The van der Waals surface area contributed by atoms with Gasteiger partial charge in [-0.05, 0) is 92.9 Å². The summed E-state index contributed by atoms with van der Waals surface area (Å²) in [6.45, 7) is 6.71. The van der Waals surface area contributed by atoms with Gasteiger partial charge in [0.2, 0.25) is 0 Å². The number of piperidine rings is 1. The number of unbranched alkanes of at least 4 members (excludes halogenated alkanes) is 1. The van der Waals surface area contributed by atoms with Crippen LogP contribution < -0.4 is 16.6 Å². The first-order valence-electron chi connectivity index (χ1n) is 12.7. The maximum absolute atomic E-state index is 12.6. The second kappa shape index (κ2) is 11.5. The SMILES string of the molecule is CCc1cc(Nc2[nH]c(=O)[nH]c(=O)c2CCCCN2CCC(O)(c3ccc(Cl)cc3)CC2)ccc1C. The third-order valence-corrected chi connectivity index (χ3v) is 7.51. The lowest BCUT2D eigenvalue weighted by Crippen LogP contribution is -2.42. The highest BCUT2D eigenvalue weighted by atomic mass is 35.5. The number of H-pyrrole nitrogens is 2. The van der Waals surface area contributed by atoms with E-state index in [1.54, 1.807) is 0 Å². The summed E-state index contributed by atoms with van der Waals surface area (Å²) in [7, 11) is 0. The van der Waals surface area contributed by atoms with E-state index in [1.165, 1.54) is 11.1 Å². The third-order valence-electron chi connectivity index (χ3n) is 7.26. The molecule has 4 rings (SSSR count). The highest BCUT2D eigenvalue weighted by molar-refractivity contribution is 6.30. The van der Waals surface area contributed by atoms with Gasteiger partial charge in [0, 0.05) is 23.8 Å². The molecule has 1 aliphatic heterocycles. The van der Waals surface area contributed by atoms with Gasteiger partial charge in [-0.15, -0.1) is 0 Å². The molecular weight excluding hydrogens is 476 g/mol. The van der Waals surface area contributed by atoms with Crippen LogP contribution in [0.2, 0.25) is 5.02 Å². The van der Waals surface area contributed by atoms with Crippen LogP contribution >= 0.6 is 11.6 Å². The Hall–Kier alpha value is -2.87. The Morgan fingerprint density at radius 1 is 1.06 bits per heavy atom. The molecule has 192 valence electrons. The molecule has 0 atom stereocenters. The van der Waals surface area contributed by atoms with Crippen molar-refractivity contribution in [1.82, 2.24) is 14.9 Å². The Kier molecular flexibility index (Phi) is 8.34. The van der Waals surface area contributed by atoms with Crippen LogP contribution in [0, 0.1) is 6.92 Å². The summed E-state index contributed by atoms with van der Waals surface area (Å²) in [4.78, 5) is 32.0. The first-order chi connectivity index (χ1) is 17.3. The zero-order valence-corrected chi connectivity index (χ0v) is 21.8. The van der Waals surface area contributed by atoms with E-state index in [1.807, 2.05) is 36.4 Å². The van der Waals surface area contributed by atoms with Crippen molar-refractivity contribution in [2.24, 2.45) is 0 Å². The second-order valence-electron chi connectivity index (χ2n) is 9.72. The summed E-state index contributed by atoms with van der Waals surface area (Å²) in [5, 5.41) is 15.0. The summed E-state index contributed by atoms with van der Waals surface area (Å²) in [6.07, 6.45) is 4.56. The highest BCUT2D eigenvalue weighted by Gasteiger charge is 2.33. The molecule has 0 saturated carbocycles. The molecule has 8 heteroatoms. The number of nitrogens with zero attached hydrogens (tertiary/aromatic N) is 1. The summed E-state index contributed by atoms with van der Waals surface area (Å²) < 4.78 is 0. The monoisotopic (exact) mass is 510 g/mol. The molecule has 1 fully saturated rings. The number of hydrogen-bond donors (Lipinski definition) is 4. The van der Waals surface area contributed by atoms with Gasteiger partial charge >= 0.3 is 5.69 Å². The largest absolute Gasteiger partial charge is 0.385 e. The molecule has 0 aliphatic carbocycles. The molecule has 1 saturated heterocycles. The fourth-order valence-electron chi connectivity index (χ4n) is 4.96. The first-order valence-corrected chi connectivity index (χ1v) is 13.1. The summed E-state index contributed by atoms with van der Waals surface area (Å²) in [6, 6.07) is 13.5. The minimum atomic E-state index is -0.807. The predicted octanol–water partition coefficient (Wildman–Crippen LogP) is 4.64. The number of hydrogen-bond acceptors (Lipinski definition) is 5. The molecule has 0 radical (unpaired) electrons. The Morgan fingerprint density at radius 3 is 2.47 bits per heavy atom. The highest BCUT2D eigenvalue weighted by Crippen LogP contribution is 2.33. The van der Waals surface area contributed by atoms with Crippen molar-refractivity contribution in [3.63, 3.8) is 0 Å². The van der Waals surface area contributed by atoms with Gasteiger partial charge in [0.25, 0.3) is 5.56 Å². The molecule has 2 heterocycles. The van der Waals surface area contributed by atoms with Crippen LogP contribution in [0.5, 0.6) is 0 Å². The van der Waals surface area contributed by atoms with Gasteiger partial charge in [-0.1, -0.05) is 36.7 Å². The van der Waals surface area contributed by atoms with Gasteiger partial charge in [0.15, 0.2) is 0 Å². The van der Waals surface area contributed by atoms with E-state index in [4.69, 9.17) is 11.6 Å². The molecule has 0 amide bonds. The zero-order chi connectivity index (χ0) is 25.7. The van der Waals surface area contributed by atoms with E-state index >= 15 is 0 Å². The van der Waals surface area contributed by atoms with Crippen LogP contribution in [0.15, 0.2) is 52.1 Å².